The molecule has 1 saturated heterocycles. The topological polar surface area (TPSA) is 69.9 Å². The van der Waals surface area contributed by atoms with Gasteiger partial charge in [0, 0.05) is 39.8 Å². The SMILES string of the molecule is CC(C)CN(C)C(=O)CN1CCN(C(=O)C(C)(C)N)CC1. The number of nitrogens with zero attached hydrogens (tertiary/aromatic N) is 3. The number of carbonyl (C=O) groups is 2. The third-order valence-electron chi connectivity index (χ3n) is 3.63. The molecule has 0 aromatic heterocycles. The van der Waals surface area contributed by atoms with Crippen LogP contribution in [0.15, 0.2) is 0 Å². The zero-order valence-electron chi connectivity index (χ0n) is 14.1. The molecule has 1 aliphatic heterocycles. The summed E-state index contributed by atoms with van der Waals surface area (Å²) in [5, 5.41) is 0. The van der Waals surface area contributed by atoms with E-state index in [4.69, 9.17) is 5.73 Å². The Morgan fingerprint density at radius 2 is 1.71 bits per heavy atom. The number of carbonyl (C=O) groups excluding carboxylic acids is 2. The first kappa shape index (κ1) is 17.9. The minimum atomic E-state index is -0.824. The van der Waals surface area contributed by atoms with Crippen LogP contribution in [-0.2, 0) is 9.59 Å². The molecule has 6 heteroatoms. The number of likely N-dealkylation sites (N-methyl/N-ethyl adjacent to an activating group) is 1. The van der Waals surface area contributed by atoms with E-state index in [1.807, 2.05) is 7.05 Å². The van der Waals surface area contributed by atoms with Gasteiger partial charge in [0.1, 0.15) is 0 Å². The van der Waals surface area contributed by atoms with Gasteiger partial charge < -0.3 is 15.5 Å². The average Bonchev–Trinajstić information content (AvgIpc) is 2.36. The van der Waals surface area contributed by atoms with Crippen LogP contribution in [0, 0.1) is 5.92 Å². The molecule has 0 bridgehead atoms. The van der Waals surface area contributed by atoms with Crippen molar-refractivity contribution in [3.63, 3.8) is 0 Å². The number of rotatable bonds is 5. The van der Waals surface area contributed by atoms with Gasteiger partial charge in [0.2, 0.25) is 11.8 Å². The summed E-state index contributed by atoms with van der Waals surface area (Å²) in [6.45, 7) is 11.6. The summed E-state index contributed by atoms with van der Waals surface area (Å²) in [4.78, 5) is 29.9. The Kier molecular flexibility index (Phi) is 6.16. The maximum absolute atomic E-state index is 12.1. The molecule has 0 unspecified atom stereocenters. The van der Waals surface area contributed by atoms with Crippen molar-refractivity contribution < 1.29 is 9.59 Å². The molecular formula is C15H30N4O2. The van der Waals surface area contributed by atoms with Crippen LogP contribution >= 0.6 is 0 Å². The molecule has 1 heterocycles. The van der Waals surface area contributed by atoms with Gasteiger partial charge in [0.05, 0.1) is 12.1 Å². The smallest absolute Gasteiger partial charge is 0.242 e. The molecule has 0 aromatic rings. The molecular weight excluding hydrogens is 268 g/mol. The number of amides is 2. The Morgan fingerprint density at radius 3 is 2.14 bits per heavy atom. The van der Waals surface area contributed by atoms with Crippen molar-refractivity contribution in [3.8, 4) is 0 Å². The molecule has 1 rings (SSSR count). The monoisotopic (exact) mass is 298 g/mol. The zero-order valence-corrected chi connectivity index (χ0v) is 14.1. The second-order valence-corrected chi connectivity index (χ2v) is 6.96. The second kappa shape index (κ2) is 7.22. The van der Waals surface area contributed by atoms with Crippen LogP contribution in [0.3, 0.4) is 0 Å². The van der Waals surface area contributed by atoms with E-state index < -0.39 is 5.54 Å². The fraction of sp³-hybridized carbons (Fsp3) is 0.867. The zero-order chi connectivity index (χ0) is 16.2. The molecule has 2 N–H and O–H groups in total. The van der Waals surface area contributed by atoms with Crippen molar-refractivity contribution in [1.82, 2.24) is 14.7 Å². The van der Waals surface area contributed by atoms with Crippen molar-refractivity contribution in [2.24, 2.45) is 11.7 Å². The lowest BCUT2D eigenvalue weighted by Gasteiger charge is -2.37. The van der Waals surface area contributed by atoms with Crippen LogP contribution in [0.25, 0.3) is 0 Å². The predicted molar refractivity (Wildman–Crippen MR) is 83.8 cm³/mol. The summed E-state index contributed by atoms with van der Waals surface area (Å²) in [6.07, 6.45) is 0. The first-order valence-corrected chi connectivity index (χ1v) is 7.66. The van der Waals surface area contributed by atoms with Gasteiger partial charge in [-0.25, -0.2) is 0 Å². The van der Waals surface area contributed by atoms with Crippen molar-refractivity contribution in [2.45, 2.75) is 33.2 Å². The largest absolute Gasteiger partial charge is 0.344 e. The van der Waals surface area contributed by atoms with Crippen molar-refractivity contribution >= 4 is 11.8 Å². The molecule has 0 aliphatic carbocycles. The third kappa shape index (κ3) is 5.63. The summed E-state index contributed by atoms with van der Waals surface area (Å²) in [5.74, 6) is 0.591. The van der Waals surface area contributed by atoms with Gasteiger partial charge in [-0.2, -0.15) is 0 Å². The highest BCUT2D eigenvalue weighted by atomic mass is 16.2. The Bertz CT molecular complexity index is 368. The Labute approximate surface area is 128 Å². The number of nitrogens with two attached hydrogens (primary N) is 1. The summed E-state index contributed by atoms with van der Waals surface area (Å²) >= 11 is 0. The van der Waals surface area contributed by atoms with E-state index in [2.05, 4.69) is 18.7 Å². The summed E-state index contributed by atoms with van der Waals surface area (Å²) in [7, 11) is 1.85. The highest BCUT2D eigenvalue weighted by molar-refractivity contribution is 5.85. The van der Waals surface area contributed by atoms with Crippen molar-refractivity contribution in [2.75, 3.05) is 46.3 Å². The molecule has 0 aromatic carbocycles. The summed E-state index contributed by atoms with van der Waals surface area (Å²) in [6, 6.07) is 0. The van der Waals surface area contributed by atoms with Crippen LogP contribution in [-0.4, -0.2) is 78.4 Å². The lowest BCUT2D eigenvalue weighted by Crippen LogP contribution is -2.57. The quantitative estimate of drug-likeness (QED) is 0.774. The van der Waals surface area contributed by atoms with Gasteiger partial charge in [-0.15, -0.1) is 0 Å². The van der Waals surface area contributed by atoms with E-state index >= 15 is 0 Å². The maximum Gasteiger partial charge on any atom is 0.242 e. The first-order valence-electron chi connectivity index (χ1n) is 7.66. The van der Waals surface area contributed by atoms with E-state index in [1.165, 1.54) is 0 Å². The number of hydrogen-bond donors (Lipinski definition) is 1. The van der Waals surface area contributed by atoms with Gasteiger partial charge in [0.15, 0.2) is 0 Å². The number of hydrogen-bond acceptors (Lipinski definition) is 4. The highest BCUT2D eigenvalue weighted by Crippen LogP contribution is 2.09. The molecule has 0 spiro atoms. The lowest BCUT2D eigenvalue weighted by molar-refractivity contribution is -0.138. The van der Waals surface area contributed by atoms with Crippen LogP contribution in [0.1, 0.15) is 27.7 Å². The Hall–Kier alpha value is -1.14. The van der Waals surface area contributed by atoms with E-state index in [1.54, 1.807) is 23.6 Å². The van der Waals surface area contributed by atoms with Gasteiger partial charge in [-0.3, -0.25) is 14.5 Å². The van der Waals surface area contributed by atoms with Crippen molar-refractivity contribution in [3.05, 3.63) is 0 Å². The minimum absolute atomic E-state index is 0.0228. The Morgan fingerprint density at radius 1 is 1.19 bits per heavy atom. The molecule has 6 nitrogen and oxygen atoms in total. The van der Waals surface area contributed by atoms with E-state index in [0.29, 0.717) is 25.6 Å². The van der Waals surface area contributed by atoms with Gasteiger partial charge in [0.25, 0.3) is 0 Å². The fourth-order valence-electron chi connectivity index (χ4n) is 2.48. The molecule has 122 valence electrons. The van der Waals surface area contributed by atoms with Gasteiger partial charge in [-0.1, -0.05) is 13.8 Å². The lowest BCUT2D eigenvalue weighted by atomic mass is 10.0. The predicted octanol–water partition coefficient (Wildman–Crippen LogP) is -0.0177. The molecule has 0 saturated carbocycles. The van der Waals surface area contributed by atoms with E-state index in [-0.39, 0.29) is 11.8 Å². The third-order valence-corrected chi connectivity index (χ3v) is 3.63. The van der Waals surface area contributed by atoms with Crippen LogP contribution < -0.4 is 5.73 Å². The van der Waals surface area contributed by atoms with Gasteiger partial charge >= 0.3 is 0 Å². The summed E-state index contributed by atoms with van der Waals surface area (Å²) in [5.41, 5.74) is 5.02. The molecule has 0 atom stereocenters. The van der Waals surface area contributed by atoms with E-state index in [0.717, 1.165) is 19.6 Å². The fourth-order valence-corrected chi connectivity index (χ4v) is 2.48. The molecule has 21 heavy (non-hydrogen) atoms. The maximum atomic E-state index is 12.1. The minimum Gasteiger partial charge on any atom is -0.344 e. The standard InChI is InChI=1S/C15H30N4O2/c1-12(2)10-17(5)13(20)11-18-6-8-19(9-7-18)14(21)15(3,4)16/h12H,6-11,16H2,1-5H3. The normalized spacial score (nSPS) is 17.2. The van der Waals surface area contributed by atoms with Crippen LogP contribution in [0.4, 0.5) is 0 Å². The average molecular weight is 298 g/mol. The van der Waals surface area contributed by atoms with Crippen LogP contribution in [0.5, 0.6) is 0 Å². The highest BCUT2D eigenvalue weighted by Gasteiger charge is 2.30. The molecule has 1 aliphatic rings. The first-order chi connectivity index (χ1) is 9.61. The summed E-state index contributed by atoms with van der Waals surface area (Å²) < 4.78 is 0. The molecule has 2 amide bonds. The van der Waals surface area contributed by atoms with E-state index in [9.17, 15) is 9.59 Å². The number of piperazine rings is 1. The molecule has 0 radical (unpaired) electrons. The molecule has 1 fully saturated rings. The van der Waals surface area contributed by atoms with Gasteiger partial charge in [-0.05, 0) is 19.8 Å². The Balaban J connectivity index is 2.40. The second-order valence-electron chi connectivity index (χ2n) is 6.96. The van der Waals surface area contributed by atoms with Crippen LogP contribution in [0.2, 0.25) is 0 Å². The van der Waals surface area contributed by atoms with Crippen molar-refractivity contribution in [1.29, 1.82) is 0 Å².